The van der Waals surface area contributed by atoms with Crippen LogP contribution in [-0.2, 0) is 14.6 Å². The molecule has 0 aromatic heterocycles. The minimum absolute atomic E-state index is 0.0666. The van der Waals surface area contributed by atoms with E-state index in [-0.39, 0.29) is 28.2 Å². The van der Waals surface area contributed by atoms with Crippen LogP contribution in [0.4, 0.5) is 11.4 Å². The molecule has 1 fully saturated rings. The maximum atomic E-state index is 11.8. The number of nitrogens with zero attached hydrogens (tertiary/aromatic N) is 1. The van der Waals surface area contributed by atoms with Crippen LogP contribution in [0.1, 0.15) is 19.3 Å². The molecule has 0 radical (unpaired) electrons. The Kier molecular flexibility index (Phi) is 6.32. The number of hydrogen-bond donors (Lipinski definition) is 3. The first-order chi connectivity index (χ1) is 11.8. The molecule has 2 rings (SSSR count). The van der Waals surface area contributed by atoms with E-state index in [0.29, 0.717) is 19.5 Å². The second-order valence-corrected chi connectivity index (χ2v) is 8.00. The molecule has 1 atom stereocenters. The Morgan fingerprint density at radius 2 is 2.16 bits per heavy atom. The summed E-state index contributed by atoms with van der Waals surface area (Å²) in [4.78, 5) is 22.2. The summed E-state index contributed by atoms with van der Waals surface area (Å²) in [5.41, 5.74) is -0.103. The Hall–Kier alpha value is -2.20. The highest BCUT2D eigenvalue weighted by Crippen LogP contribution is 2.27. The topological polar surface area (TPSA) is 130 Å². The Labute approximate surface area is 146 Å². The zero-order valence-corrected chi connectivity index (χ0v) is 14.8. The molecular weight excluding hydrogens is 348 g/mol. The van der Waals surface area contributed by atoms with Crippen LogP contribution in [0.3, 0.4) is 0 Å². The molecule has 1 unspecified atom stereocenters. The fourth-order valence-electron chi connectivity index (χ4n) is 2.67. The number of hydrogen-bond acceptors (Lipinski definition) is 7. The van der Waals surface area contributed by atoms with Crippen LogP contribution >= 0.6 is 0 Å². The number of carbonyl (C=O) groups excluding carboxylic acids is 1. The van der Waals surface area contributed by atoms with E-state index >= 15 is 0 Å². The molecule has 25 heavy (non-hydrogen) atoms. The van der Waals surface area contributed by atoms with Gasteiger partial charge in [-0.15, -0.1) is 0 Å². The molecule has 1 heterocycles. The zero-order valence-electron chi connectivity index (χ0n) is 13.9. The Bertz CT molecular complexity index is 744. The first kappa shape index (κ1) is 19.1. The van der Waals surface area contributed by atoms with Gasteiger partial charge in [0.25, 0.3) is 5.69 Å². The van der Waals surface area contributed by atoms with Crippen LogP contribution in [0, 0.1) is 10.1 Å². The lowest BCUT2D eigenvalue weighted by Crippen LogP contribution is -2.34. The van der Waals surface area contributed by atoms with Crippen molar-refractivity contribution in [3.05, 3.63) is 28.3 Å². The van der Waals surface area contributed by atoms with Crippen molar-refractivity contribution in [3.63, 3.8) is 0 Å². The molecule has 0 aliphatic carbocycles. The average Bonchev–Trinajstić information content (AvgIpc) is 3.03. The van der Waals surface area contributed by atoms with Gasteiger partial charge in [0.2, 0.25) is 5.91 Å². The smallest absolute Gasteiger partial charge is 0.293 e. The average molecular weight is 370 g/mol. The largest absolute Gasteiger partial charge is 0.378 e. The molecule has 0 bridgehead atoms. The van der Waals surface area contributed by atoms with Crippen LogP contribution in [0.15, 0.2) is 23.1 Å². The number of anilines is 1. The van der Waals surface area contributed by atoms with Gasteiger partial charge in [0.1, 0.15) is 5.69 Å². The number of nitrogens with one attached hydrogen (secondary N) is 3. The molecule has 1 amide bonds. The van der Waals surface area contributed by atoms with Gasteiger partial charge in [-0.25, -0.2) is 8.42 Å². The highest BCUT2D eigenvalue weighted by atomic mass is 32.2. The highest BCUT2D eigenvalue weighted by Gasteiger charge is 2.19. The minimum atomic E-state index is -3.52. The van der Waals surface area contributed by atoms with Crippen LogP contribution in [0.2, 0.25) is 0 Å². The molecular formula is C15H22N4O5S. The summed E-state index contributed by atoms with van der Waals surface area (Å²) in [7, 11) is -3.52. The molecule has 9 nitrogen and oxygen atoms in total. The number of nitro benzene ring substituents is 1. The number of amides is 1. The summed E-state index contributed by atoms with van der Waals surface area (Å²) in [6.07, 6.45) is 3.48. The SMILES string of the molecule is CS(=O)(=O)c1ccc(NCCNC(=O)CC2CCCN2)c([N+](=O)[O-])c1. The first-order valence-electron chi connectivity index (χ1n) is 8.00. The van der Waals surface area contributed by atoms with Crippen LogP contribution < -0.4 is 16.0 Å². The summed E-state index contributed by atoms with van der Waals surface area (Å²) >= 11 is 0. The van der Waals surface area contributed by atoms with Crippen molar-refractivity contribution >= 4 is 27.1 Å². The number of benzene rings is 1. The molecule has 1 aromatic rings. The normalized spacial score (nSPS) is 17.2. The van der Waals surface area contributed by atoms with Gasteiger partial charge in [0.15, 0.2) is 9.84 Å². The van der Waals surface area contributed by atoms with Crippen LogP contribution in [0.25, 0.3) is 0 Å². The van der Waals surface area contributed by atoms with E-state index < -0.39 is 14.8 Å². The van der Waals surface area contributed by atoms with Gasteiger partial charge in [-0.1, -0.05) is 0 Å². The zero-order chi connectivity index (χ0) is 18.4. The van der Waals surface area contributed by atoms with Crippen LogP contribution in [0.5, 0.6) is 0 Å². The lowest BCUT2D eigenvalue weighted by molar-refractivity contribution is -0.384. The lowest BCUT2D eigenvalue weighted by atomic mass is 10.1. The molecule has 1 aliphatic rings. The summed E-state index contributed by atoms with van der Waals surface area (Å²) in [6.45, 7) is 1.55. The third-order valence-corrected chi connectivity index (χ3v) is 5.06. The number of rotatable bonds is 8. The molecule has 0 spiro atoms. The van der Waals surface area contributed by atoms with Crippen molar-refractivity contribution in [2.75, 3.05) is 31.2 Å². The van der Waals surface area contributed by atoms with Crippen LogP contribution in [-0.4, -0.2) is 51.2 Å². The Morgan fingerprint density at radius 3 is 2.76 bits per heavy atom. The molecule has 1 saturated heterocycles. The van der Waals surface area contributed by atoms with Gasteiger partial charge in [0, 0.05) is 37.9 Å². The van der Waals surface area contributed by atoms with Crippen molar-refractivity contribution < 1.29 is 18.1 Å². The molecule has 1 aromatic carbocycles. The summed E-state index contributed by atoms with van der Waals surface area (Å²) in [5, 5.41) is 20.0. The molecule has 1 aliphatic heterocycles. The van der Waals surface area contributed by atoms with E-state index in [0.717, 1.165) is 31.7 Å². The van der Waals surface area contributed by atoms with E-state index in [9.17, 15) is 23.3 Å². The van der Waals surface area contributed by atoms with E-state index in [1.54, 1.807) is 0 Å². The summed E-state index contributed by atoms with van der Waals surface area (Å²) in [5.74, 6) is -0.0666. The van der Waals surface area contributed by atoms with Crippen molar-refractivity contribution in [1.82, 2.24) is 10.6 Å². The van der Waals surface area contributed by atoms with Crippen molar-refractivity contribution in [2.45, 2.75) is 30.2 Å². The maximum absolute atomic E-state index is 11.8. The fraction of sp³-hybridized carbons (Fsp3) is 0.533. The summed E-state index contributed by atoms with van der Waals surface area (Å²) < 4.78 is 23.0. The van der Waals surface area contributed by atoms with Gasteiger partial charge in [-0.3, -0.25) is 14.9 Å². The monoisotopic (exact) mass is 370 g/mol. The second-order valence-electron chi connectivity index (χ2n) is 5.98. The van der Waals surface area contributed by atoms with Gasteiger partial charge in [0.05, 0.1) is 9.82 Å². The molecule has 138 valence electrons. The maximum Gasteiger partial charge on any atom is 0.293 e. The second kappa shape index (κ2) is 8.26. The van der Waals surface area contributed by atoms with Gasteiger partial charge in [-0.05, 0) is 31.5 Å². The number of carbonyl (C=O) groups is 1. The Balaban J connectivity index is 1.87. The third-order valence-electron chi connectivity index (χ3n) is 3.95. The fourth-order valence-corrected chi connectivity index (χ4v) is 3.31. The number of nitro groups is 1. The highest BCUT2D eigenvalue weighted by molar-refractivity contribution is 7.90. The van der Waals surface area contributed by atoms with Gasteiger partial charge < -0.3 is 16.0 Å². The molecule has 10 heteroatoms. The standard InChI is InChI=1S/C15H22N4O5S/c1-25(23,24)12-4-5-13(14(10-12)19(21)22)17-7-8-18-15(20)9-11-3-2-6-16-11/h4-5,10-11,16-17H,2-3,6-9H2,1H3,(H,18,20). The number of sulfone groups is 1. The van der Waals surface area contributed by atoms with E-state index in [2.05, 4.69) is 16.0 Å². The quantitative estimate of drug-likeness (QED) is 0.348. The van der Waals surface area contributed by atoms with Crippen molar-refractivity contribution in [1.29, 1.82) is 0 Å². The third kappa shape index (κ3) is 5.68. The van der Waals surface area contributed by atoms with Gasteiger partial charge in [-0.2, -0.15) is 0 Å². The first-order valence-corrected chi connectivity index (χ1v) is 9.89. The predicted molar refractivity (Wildman–Crippen MR) is 93.3 cm³/mol. The predicted octanol–water partition coefficient (Wildman–Crippen LogP) is 0.669. The molecule has 3 N–H and O–H groups in total. The van der Waals surface area contributed by atoms with Crippen molar-refractivity contribution in [2.24, 2.45) is 0 Å². The molecule has 0 saturated carbocycles. The lowest BCUT2D eigenvalue weighted by Gasteiger charge is -2.11. The van der Waals surface area contributed by atoms with Crippen molar-refractivity contribution in [3.8, 4) is 0 Å². The minimum Gasteiger partial charge on any atom is -0.378 e. The van der Waals surface area contributed by atoms with Gasteiger partial charge >= 0.3 is 0 Å². The Morgan fingerprint density at radius 1 is 1.40 bits per heavy atom. The van der Waals surface area contributed by atoms with E-state index in [4.69, 9.17) is 0 Å². The summed E-state index contributed by atoms with van der Waals surface area (Å²) in [6, 6.07) is 3.92. The van der Waals surface area contributed by atoms with E-state index in [1.165, 1.54) is 12.1 Å². The van der Waals surface area contributed by atoms with E-state index in [1.807, 2.05) is 0 Å².